The van der Waals surface area contributed by atoms with Crippen LogP contribution < -0.4 is 0 Å². The van der Waals surface area contributed by atoms with Crippen molar-refractivity contribution in [3.63, 3.8) is 0 Å². The highest BCUT2D eigenvalue weighted by atomic mass is 28.3. The first-order chi connectivity index (χ1) is 4.37. The van der Waals surface area contributed by atoms with Gasteiger partial charge in [-0.15, -0.1) is 0 Å². The first-order valence-corrected chi connectivity index (χ1v) is 3.86. The smallest absolute Gasteiger partial charge is 0.475 e. The third-order valence-electron chi connectivity index (χ3n) is 0.365. The van der Waals surface area contributed by atoms with Crippen LogP contribution in [0.2, 0.25) is 0 Å². The van der Waals surface area contributed by atoms with Gasteiger partial charge in [0.15, 0.2) is 0 Å². The van der Waals surface area contributed by atoms with Crippen LogP contribution in [0.3, 0.4) is 0 Å². The van der Waals surface area contributed by atoms with Crippen LogP contribution in [-0.2, 0) is 4.79 Å². The predicted octanol–water partition coefficient (Wildman–Crippen LogP) is -1.67. The molecule has 60 valence electrons. The third-order valence-corrected chi connectivity index (χ3v) is 0.365. The maximum Gasteiger partial charge on any atom is 0.475 e. The Hall–Kier alpha value is -0.693. The molecule has 0 saturated carbocycles. The molecule has 0 atom stereocenters. The van der Waals surface area contributed by atoms with E-state index in [1.807, 2.05) is 0 Å². The van der Waals surface area contributed by atoms with E-state index in [9.17, 15) is 4.79 Å². The van der Waals surface area contributed by atoms with Crippen molar-refractivity contribution in [2.45, 2.75) is 6.92 Å². The van der Waals surface area contributed by atoms with Gasteiger partial charge in [-0.2, -0.15) is 0 Å². The molecule has 0 aromatic heterocycles. The van der Waals surface area contributed by atoms with Gasteiger partial charge in [-0.05, 0) is 6.92 Å². The summed E-state index contributed by atoms with van der Waals surface area (Å²) in [6.07, 6.45) is 0. The highest BCUT2D eigenvalue weighted by Gasteiger charge is 1.90. The fourth-order valence-electron chi connectivity index (χ4n) is 0. The molecule has 4 N–H and O–H groups in total. The van der Waals surface area contributed by atoms with Gasteiger partial charge < -0.3 is 19.5 Å². The lowest BCUT2D eigenvalue weighted by atomic mass is 10.4. The molecular weight excluding hydrogens is 156 g/mol. The van der Waals surface area contributed by atoms with E-state index >= 15 is 0 Å². The van der Waals surface area contributed by atoms with Crippen molar-refractivity contribution >= 4 is 15.5 Å². The molecule has 0 rings (SSSR count). The molecule has 0 aliphatic carbocycles. The number of hydrogen-bond donors (Lipinski definition) is 4. The molecule has 0 bridgehead atoms. The minimum Gasteiger partial charge on any atom is -0.478 e. The molecule has 0 unspecified atom stereocenters. The molecule has 0 heterocycles. The lowest BCUT2D eigenvalue weighted by Gasteiger charge is -1.79. The second kappa shape index (κ2) is 6.43. The molecule has 0 amide bonds. The first-order valence-electron chi connectivity index (χ1n) is 2.31. The normalized spacial score (nSPS) is 8.10. The van der Waals surface area contributed by atoms with Crippen molar-refractivity contribution in [2.75, 3.05) is 0 Å². The topological polar surface area (TPSA) is 98.0 Å². The Kier molecular flexibility index (Phi) is 7.73. The van der Waals surface area contributed by atoms with Crippen LogP contribution in [0.4, 0.5) is 0 Å². The average Bonchev–Trinajstić information content (AvgIpc) is 1.63. The van der Waals surface area contributed by atoms with Gasteiger partial charge in [-0.25, -0.2) is 4.79 Å². The molecule has 0 aromatic carbocycles. The molecule has 0 fully saturated rings. The van der Waals surface area contributed by atoms with Crippen molar-refractivity contribution < 1.29 is 24.3 Å². The molecular formula is C4H10O5Si. The van der Waals surface area contributed by atoms with E-state index in [0.717, 1.165) is 0 Å². The quantitative estimate of drug-likeness (QED) is 0.276. The molecule has 10 heavy (non-hydrogen) atoms. The van der Waals surface area contributed by atoms with Gasteiger partial charge >= 0.3 is 15.5 Å². The maximum absolute atomic E-state index is 9.60. The summed E-state index contributed by atoms with van der Waals surface area (Å²) in [4.78, 5) is 31.5. The van der Waals surface area contributed by atoms with Crippen LogP contribution >= 0.6 is 0 Å². The Morgan fingerprint density at radius 3 is 1.50 bits per heavy atom. The second-order valence-corrected chi connectivity index (χ2v) is 2.12. The van der Waals surface area contributed by atoms with E-state index in [2.05, 4.69) is 6.58 Å². The van der Waals surface area contributed by atoms with Crippen LogP contribution in [0.5, 0.6) is 0 Å². The molecule has 0 radical (unpaired) electrons. The van der Waals surface area contributed by atoms with Gasteiger partial charge in [0, 0.05) is 5.57 Å². The summed E-state index contributed by atoms with van der Waals surface area (Å²) in [5.74, 6) is -0.935. The van der Waals surface area contributed by atoms with Crippen molar-refractivity contribution in [3.8, 4) is 0 Å². The van der Waals surface area contributed by atoms with Gasteiger partial charge in [-0.1, -0.05) is 6.58 Å². The highest BCUT2D eigenvalue weighted by molar-refractivity contribution is 6.30. The van der Waals surface area contributed by atoms with E-state index in [4.69, 9.17) is 19.5 Å². The fourth-order valence-corrected chi connectivity index (χ4v) is 0. The van der Waals surface area contributed by atoms with Crippen molar-refractivity contribution in [3.05, 3.63) is 12.2 Å². The van der Waals surface area contributed by atoms with Gasteiger partial charge in [0.25, 0.3) is 0 Å². The lowest BCUT2D eigenvalue weighted by molar-refractivity contribution is -0.132. The standard InChI is InChI=1S/C4H6O2.H4O3Si/c1-3(2)4(5)6;1-4(2)3/h1H2,2H3,(H,5,6);1-4H. The van der Waals surface area contributed by atoms with Crippen LogP contribution in [0.1, 0.15) is 6.92 Å². The second-order valence-electron chi connectivity index (χ2n) is 1.43. The largest absolute Gasteiger partial charge is 0.478 e. The zero-order chi connectivity index (χ0) is 8.73. The highest BCUT2D eigenvalue weighted by Crippen LogP contribution is 1.81. The van der Waals surface area contributed by atoms with E-state index < -0.39 is 15.5 Å². The summed E-state index contributed by atoms with van der Waals surface area (Å²) in [5, 5.41) is 7.89. The molecule has 6 heteroatoms. The van der Waals surface area contributed by atoms with Crippen LogP contribution in [0, 0.1) is 0 Å². The average molecular weight is 166 g/mol. The number of aliphatic carboxylic acids is 1. The summed E-state index contributed by atoms with van der Waals surface area (Å²) in [6.45, 7) is 4.60. The number of hydrogen-bond acceptors (Lipinski definition) is 4. The van der Waals surface area contributed by atoms with E-state index in [0.29, 0.717) is 0 Å². The van der Waals surface area contributed by atoms with Crippen LogP contribution in [0.25, 0.3) is 0 Å². The van der Waals surface area contributed by atoms with Crippen molar-refractivity contribution in [2.24, 2.45) is 0 Å². The number of carboxylic acid groups (broad SMARTS) is 1. The Bertz CT molecular complexity index is 106. The van der Waals surface area contributed by atoms with Crippen LogP contribution in [0.15, 0.2) is 12.2 Å². The Labute approximate surface area is 59.8 Å². The lowest BCUT2D eigenvalue weighted by Crippen LogP contribution is -2.07. The minimum absolute atomic E-state index is 0.176. The Balaban J connectivity index is 0. The molecule has 0 aliphatic heterocycles. The summed E-state index contributed by atoms with van der Waals surface area (Å²) < 4.78 is 0. The van der Waals surface area contributed by atoms with E-state index in [1.165, 1.54) is 6.92 Å². The van der Waals surface area contributed by atoms with Gasteiger partial charge in [0.1, 0.15) is 0 Å². The first kappa shape index (κ1) is 12.0. The Morgan fingerprint density at radius 2 is 1.50 bits per heavy atom. The monoisotopic (exact) mass is 166 g/mol. The molecule has 0 aromatic rings. The molecule has 0 spiro atoms. The maximum atomic E-state index is 9.60. The fraction of sp³-hybridized carbons (Fsp3) is 0.250. The van der Waals surface area contributed by atoms with Crippen molar-refractivity contribution in [1.82, 2.24) is 0 Å². The van der Waals surface area contributed by atoms with Gasteiger partial charge in [0.2, 0.25) is 0 Å². The zero-order valence-electron chi connectivity index (χ0n) is 5.48. The number of carbonyl (C=O) groups is 1. The predicted molar refractivity (Wildman–Crippen MR) is 36.3 cm³/mol. The van der Waals surface area contributed by atoms with E-state index in [-0.39, 0.29) is 5.57 Å². The minimum atomic E-state index is -3.14. The van der Waals surface area contributed by atoms with E-state index in [1.54, 1.807) is 0 Å². The SMILES string of the molecule is C=C(C)C(=O)O.O[SiH](O)O. The third kappa shape index (κ3) is 26.6. The number of rotatable bonds is 1. The van der Waals surface area contributed by atoms with Gasteiger partial charge in [-0.3, -0.25) is 0 Å². The Morgan fingerprint density at radius 1 is 1.40 bits per heavy atom. The summed E-state index contributed by atoms with van der Waals surface area (Å²) in [5.41, 5.74) is 0.176. The number of carboxylic acids is 1. The molecule has 5 nitrogen and oxygen atoms in total. The van der Waals surface area contributed by atoms with Crippen LogP contribution in [-0.4, -0.2) is 35.0 Å². The van der Waals surface area contributed by atoms with Gasteiger partial charge in [0.05, 0.1) is 0 Å². The summed E-state index contributed by atoms with van der Waals surface area (Å²) in [7, 11) is -3.14. The molecule has 0 aliphatic rings. The zero-order valence-corrected chi connectivity index (χ0v) is 6.64. The summed E-state index contributed by atoms with van der Waals surface area (Å²) >= 11 is 0. The van der Waals surface area contributed by atoms with Crippen molar-refractivity contribution in [1.29, 1.82) is 0 Å². The summed E-state index contributed by atoms with van der Waals surface area (Å²) in [6, 6.07) is 0. The molecule has 0 saturated heterocycles.